The van der Waals surface area contributed by atoms with Gasteiger partial charge in [-0.15, -0.1) is 0 Å². The van der Waals surface area contributed by atoms with Crippen molar-refractivity contribution in [3.63, 3.8) is 0 Å². The normalized spacial score (nSPS) is 11.2. The van der Waals surface area contributed by atoms with Gasteiger partial charge in [-0.05, 0) is 28.8 Å². The number of nitrogens with two attached hydrogens (primary N) is 1. The van der Waals surface area contributed by atoms with Crippen molar-refractivity contribution >= 4 is 22.6 Å². The molecule has 5 heteroatoms. The lowest BCUT2D eigenvalue weighted by Crippen LogP contribution is -2.21. The van der Waals surface area contributed by atoms with Crippen molar-refractivity contribution in [2.24, 2.45) is 5.73 Å². The third kappa shape index (κ3) is 3.51. The predicted molar refractivity (Wildman–Crippen MR) is 104 cm³/mol. The quantitative estimate of drug-likeness (QED) is 0.556. The molecule has 25 heavy (non-hydrogen) atoms. The number of fused-ring (bicyclic) bond motifs is 1. The van der Waals surface area contributed by atoms with E-state index in [1.54, 1.807) is 7.05 Å². The van der Waals surface area contributed by atoms with Crippen LogP contribution in [-0.4, -0.2) is 24.0 Å². The average Bonchev–Trinajstić information content (AvgIpc) is 2.98. The second kappa shape index (κ2) is 6.99. The van der Waals surface area contributed by atoms with Crippen LogP contribution in [0.1, 0.15) is 29.8 Å². The van der Waals surface area contributed by atoms with E-state index in [4.69, 9.17) is 5.73 Å². The molecule has 1 aromatic heterocycles. The van der Waals surface area contributed by atoms with Crippen molar-refractivity contribution in [3.8, 4) is 11.1 Å². The lowest BCUT2D eigenvalue weighted by Gasteiger charge is -2.10. The van der Waals surface area contributed by atoms with E-state index in [0.717, 1.165) is 28.6 Å². The van der Waals surface area contributed by atoms with Gasteiger partial charge in [-0.3, -0.25) is 4.79 Å². The predicted octanol–water partition coefficient (Wildman–Crippen LogP) is 3.47. The number of amides is 1. The summed E-state index contributed by atoms with van der Waals surface area (Å²) in [5, 5.41) is 7.26. The number of hydrogen-bond acceptors (Lipinski definition) is 3. The number of primary amides is 1. The molecule has 0 saturated heterocycles. The first-order valence-electron chi connectivity index (χ1n) is 8.45. The molecule has 1 heterocycles. The molecule has 0 radical (unpaired) electrons. The number of carbonyl (C=O) groups excluding carboxylic acids is 1. The highest BCUT2D eigenvalue weighted by atomic mass is 16.1. The van der Waals surface area contributed by atoms with Crippen molar-refractivity contribution in [2.75, 3.05) is 12.4 Å². The number of aromatic amines is 1. The molecule has 0 aliphatic carbocycles. The molecular weight excluding hydrogens is 312 g/mol. The number of aromatic nitrogens is 1. The lowest BCUT2D eigenvalue weighted by molar-refractivity contribution is 0.100. The minimum atomic E-state index is -0.440. The molecule has 5 N–H and O–H groups in total. The second-order valence-electron chi connectivity index (χ2n) is 6.49. The molecule has 5 nitrogen and oxygen atoms in total. The van der Waals surface area contributed by atoms with Gasteiger partial charge in [-0.25, -0.2) is 0 Å². The fourth-order valence-electron chi connectivity index (χ4n) is 3.00. The molecule has 3 rings (SSSR count). The molecule has 0 aliphatic heterocycles. The third-order valence-electron chi connectivity index (χ3n) is 4.27. The first kappa shape index (κ1) is 17.0. The maximum absolute atomic E-state index is 11.7. The van der Waals surface area contributed by atoms with Gasteiger partial charge < -0.3 is 21.4 Å². The molecule has 2 aromatic carbocycles. The summed E-state index contributed by atoms with van der Waals surface area (Å²) in [5.74, 6) is 0.208. The number of hydrogen-bond donors (Lipinski definition) is 4. The Kier molecular flexibility index (Phi) is 4.76. The topological polar surface area (TPSA) is 82.9 Å². The van der Waals surface area contributed by atoms with Crippen LogP contribution in [0.2, 0.25) is 0 Å². The van der Waals surface area contributed by atoms with Crippen LogP contribution in [0, 0.1) is 0 Å². The molecule has 1 amide bonds. The Morgan fingerprint density at radius 3 is 2.60 bits per heavy atom. The zero-order valence-electron chi connectivity index (χ0n) is 14.8. The van der Waals surface area contributed by atoms with Crippen LogP contribution in [0.4, 0.5) is 5.82 Å². The smallest absolute Gasteiger partial charge is 0.253 e. The highest BCUT2D eigenvalue weighted by Gasteiger charge is 2.15. The summed E-state index contributed by atoms with van der Waals surface area (Å²) >= 11 is 0. The Bertz CT molecular complexity index is 911. The number of benzene rings is 2. The van der Waals surface area contributed by atoms with E-state index in [1.165, 1.54) is 5.56 Å². The highest BCUT2D eigenvalue weighted by molar-refractivity contribution is 6.11. The first-order chi connectivity index (χ1) is 12.0. The number of H-pyrrole nitrogens is 1. The molecular formula is C20H24N4O. The summed E-state index contributed by atoms with van der Waals surface area (Å²) in [6.45, 7) is 5.11. The maximum Gasteiger partial charge on any atom is 0.253 e. The summed E-state index contributed by atoms with van der Waals surface area (Å²) < 4.78 is 0. The van der Waals surface area contributed by atoms with Gasteiger partial charge in [0.1, 0.15) is 5.82 Å². The van der Waals surface area contributed by atoms with Gasteiger partial charge in [0.2, 0.25) is 0 Å². The number of anilines is 1. The molecule has 3 aromatic rings. The van der Waals surface area contributed by atoms with Gasteiger partial charge in [0, 0.05) is 30.5 Å². The number of carbonyl (C=O) groups is 1. The molecule has 0 aliphatic rings. The van der Waals surface area contributed by atoms with Crippen LogP contribution < -0.4 is 16.4 Å². The fourth-order valence-corrected chi connectivity index (χ4v) is 3.00. The van der Waals surface area contributed by atoms with Crippen LogP contribution in [0.25, 0.3) is 22.0 Å². The van der Waals surface area contributed by atoms with E-state index in [9.17, 15) is 4.79 Å². The fraction of sp³-hybridized carbons (Fsp3) is 0.250. The molecule has 0 spiro atoms. The van der Waals surface area contributed by atoms with Crippen LogP contribution in [0.15, 0.2) is 42.5 Å². The highest BCUT2D eigenvalue weighted by Crippen LogP contribution is 2.30. The van der Waals surface area contributed by atoms with E-state index in [-0.39, 0.29) is 0 Å². The summed E-state index contributed by atoms with van der Waals surface area (Å²) in [6.07, 6.45) is 0. The molecule has 0 bridgehead atoms. The molecule has 0 saturated carbocycles. The summed E-state index contributed by atoms with van der Waals surface area (Å²) in [5.41, 5.74) is 10.4. The maximum atomic E-state index is 11.7. The average molecular weight is 336 g/mol. The Morgan fingerprint density at radius 1 is 1.16 bits per heavy atom. The van der Waals surface area contributed by atoms with E-state index in [0.29, 0.717) is 17.4 Å². The Morgan fingerprint density at radius 2 is 1.92 bits per heavy atom. The zero-order chi connectivity index (χ0) is 18.0. The summed E-state index contributed by atoms with van der Waals surface area (Å²) in [4.78, 5) is 15.0. The number of rotatable bonds is 6. The van der Waals surface area contributed by atoms with Crippen molar-refractivity contribution in [1.82, 2.24) is 10.3 Å². The Hall–Kier alpha value is -2.79. The van der Waals surface area contributed by atoms with E-state index in [2.05, 4.69) is 59.8 Å². The second-order valence-corrected chi connectivity index (χ2v) is 6.49. The third-order valence-corrected chi connectivity index (χ3v) is 4.27. The van der Waals surface area contributed by atoms with Gasteiger partial charge >= 0.3 is 0 Å². The molecule has 0 unspecified atom stereocenters. The summed E-state index contributed by atoms with van der Waals surface area (Å²) in [7, 11) is 1.77. The van der Waals surface area contributed by atoms with Gasteiger partial charge in [0.05, 0.1) is 5.56 Å². The zero-order valence-corrected chi connectivity index (χ0v) is 14.8. The SMILES string of the molecule is CNc1[nH]c2cc(-c3cccc(CNC(C)C)c3)ccc2c1C(N)=O. The van der Waals surface area contributed by atoms with Crippen LogP contribution in [0.3, 0.4) is 0 Å². The van der Waals surface area contributed by atoms with E-state index >= 15 is 0 Å². The van der Waals surface area contributed by atoms with Crippen LogP contribution >= 0.6 is 0 Å². The first-order valence-corrected chi connectivity index (χ1v) is 8.45. The Labute approximate surface area is 147 Å². The van der Waals surface area contributed by atoms with Crippen LogP contribution in [0.5, 0.6) is 0 Å². The minimum Gasteiger partial charge on any atom is -0.374 e. The minimum absolute atomic E-state index is 0.440. The van der Waals surface area contributed by atoms with Gasteiger partial charge in [-0.2, -0.15) is 0 Å². The standard InChI is InChI=1S/C20H24N4O/c1-12(2)23-11-13-5-4-6-14(9-13)15-7-8-16-17(10-15)24-20(22-3)18(16)19(21)25/h4-10,12,22-24H,11H2,1-3H3,(H2,21,25). The lowest BCUT2D eigenvalue weighted by atomic mass is 10.0. The molecule has 0 fully saturated rings. The van der Waals surface area contributed by atoms with Crippen molar-refractivity contribution in [1.29, 1.82) is 0 Å². The van der Waals surface area contributed by atoms with Gasteiger partial charge in [0.25, 0.3) is 5.91 Å². The van der Waals surface area contributed by atoms with Crippen molar-refractivity contribution in [3.05, 3.63) is 53.6 Å². The number of nitrogens with one attached hydrogen (secondary N) is 3. The van der Waals surface area contributed by atoms with Gasteiger partial charge in [-0.1, -0.05) is 44.2 Å². The monoisotopic (exact) mass is 336 g/mol. The van der Waals surface area contributed by atoms with Crippen LogP contribution in [-0.2, 0) is 6.54 Å². The van der Waals surface area contributed by atoms with Crippen molar-refractivity contribution < 1.29 is 4.79 Å². The Balaban J connectivity index is 1.99. The molecule has 0 atom stereocenters. The van der Waals surface area contributed by atoms with Gasteiger partial charge in [0.15, 0.2) is 0 Å². The van der Waals surface area contributed by atoms with E-state index in [1.807, 2.05) is 12.1 Å². The largest absolute Gasteiger partial charge is 0.374 e. The van der Waals surface area contributed by atoms with E-state index < -0.39 is 5.91 Å². The summed E-state index contributed by atoms with van der Waals surface area (Å²) in [6, 6.07) is 14.9. The molecule has 130 valence electrons. The van der Waals surface area contributed by atoms with Crippen molar-refractivity contribution in [2.45, 2.75) is 26.4 Å².